The van der Waals surface area contributed by atoms with Crippen LogP contribution < -0.4 is 5.32 Å². The summed E-state index contributed by atoms with van der Waals surface area (Å²) in [5.74, 6) is -0.524. The SMILES string of the molecule is CC(C)CN(CC(C)(C)C)C(=O)NC1CCC(C(=O)O)CC1. The van der Waals surface area contributed by atoms with Crippen molar-refractivity contribution in [2.45, 2.75) is 66.3 Å². The van der Waals surface area contributed by atoms with E-state index in [0.717, 1.165) is 25.9 Å². The van der Waals surface area contributed by atoms with Gasteiger partial charge in [0.2, 0.25) is 0 Å². The van der Waals surface area contributed by atoms with Crippen LogP contribution >= 0.6 is 0 Å². The third kappa shape index (κ3) is 6.67. The highest BCUT2D eigenvalue weighted by molar-refractivity contribution is 5.74. The van der Waals surface area contributed by atoms with Gasteiger partial charge >= 0.3 is 12.0 Å². The van der Waals surface area contributed by atoms with Gasteiger partial charge in [-0.15, -0.1) is 0 Å². The number of rotatable bonds is 5. The van der Waals surface area contributed by atoms with Crippen molar-refractivity contribution >= 4 is 12.0 Å². The molecule has 0 saturated heterocycles. The average Bonchev–Trinajstić information content (AvgIpc) is 2.36. The van der Waals surface area contributed by atoms with Gasteiger partial charge in [-0.05, 0) is 37.0 Å². The fraction of sp³-hybridized carbons (Fsp3) is 0.882. The summed E-state index contributed by atoms with van der Waals surface area (Å²) in [5, 5.41) is 12.1. The quantitative estimate of drug-likeness (QED) is 0.818. The molecule has 1 aliphatic carbocycles. The van der Waals surface area contributed by atoms with E-state index in [-0.39, 0.29) is 23.4 Å². The molecule has 0 radical (unpaired) electrons. The van der Waals surface area contributed by atoms with Crippen LogP contribution in [-0.2, 0) is 4.79 Å². The zero-order valence-corrected chi connectivity index (χ0v) is 14.7. The molecule has 128 valence electrons. The Hall–Kier alpha value is -1.26. The van der Waals surface area contributed by atoms with Crippen LogP contribution in [0.3, 0.4) is 0 Å². The van der Waals surface area contributed by atoms with Crippen molar-refractivity contribution in [2.24, 2.45) is 17.3 Å². The fourth-order valence-corrected chi connectivity index (χ4v) is 2.98. The zero-order valence-electron chi connectivity index (χ0n) is 14.7. The summed E-state index contributed by atoms with van der Waals surface area (Å²) < 4.78 is 0. The molecule has 5 nitrogen and oxygen atoms in total. The summed E-state index contributed by atoms with van der Waals surface area (Å²) in [6.45, 7) is 12.1. The number of nitrogens with one attached hydrogen (secondary N) is 1. The molecule has 22 heavy (non-hydrogen) atoms. The molecular weight excluding hydrogens is 280 g/mol. The van der Waals surface area contributed by atoms with E-state index in [9.17, 15) is 9.59 Å². The lowest BCUT2D eigenvalue weighted by atomic mass is 9.86. The standard InChI is InChI=1S/C17H32N2O3/c1-12(2)10-19(11-17(3,4)5)16(22)18-14-8-6-13(7-9-14)15(20)21/h12-14H,6-11H2,1-5H3,(H,18,22)(H,20,21). The number of hydrogen-bond donors (Lipinski definition) is 2. The predicted molar refractivity (Wildman–Crippen MR) is 87.8 cm³/mol. The lowest BCUT2D eigenvalue weighted by Crippen LogP contribution is -2.49. The zero-order chi connectivity index (χ0) is 16.9. The molecule has 0 aromatic heterocycles. The fourth-order valence-electron chi connectivity index (χ4n) is 2.98. The number of carboxylic acid groups (broad SMARTS) is 1. The number of aliphatic carboxylic acids is 1. The van der Waals surface area contributed by atoms with Gasteiger partial charge < -0.3 is 15.3 Å². The molecule has 0 unspecified atom stereocenters. The van der Waals surface area contributed by atoms with Gasteiger partial charge in [0.1, 0.15) is 0 Å². The Bertz CT molecular complexity index is 380. The van der Waals surface area contributed by atoms with Gasteiger partial charge in [0, 0.05) is 19.1 Å². The molecule has 0 heterocycles. The first kappa shape index (κ1) is 18.8. The summed E-state index contributed by atoms with van der Waals surface area (Å²) in [5.41, 5.74) is 0.0627. The lowest BCUT2D eigenvalue weighted by molar-refractivity contribution is -0.142. The van der Waals surface area contributed by atoms with Gasteiger partial charge in [0.05, 0.1) is 5.92 Å². The smallest absolute Gasteiger partial charge is 0.317 e. The minimum absolute atomic E-state index is 0.0117. The Morgan fingerprint density at radius 2 is 1.73 bits per heavy atom. The van der Waals surface area contributed by atoms with E-state index in [4.69, 9.17) is 5.11 Å². The van der Waals surface area contributed by atoms with Crippen LogP contribution in [0.2, 0.25) is 0 Å². The second-order valence-electron chi connectivity index (χ2n) is 8.17. The molecule has 5 heteroatoms. The molecule has 2 amide bonds. The first-order valence-electron chi connectivity index (χ1n) is 8.36. The maximum Gasteiger partial charge on any atom is 0.317 e. The molecule has 0 spiro atoms. The minimum atomic E-state index is -0.709. The van der Waals surface area contributed by atoms with Crippen molar-refractivity contribution in [3.63, 3.8) is 0 Å². The Morgan fingerprint density at radius 3 is 2.14 bits per heavy atom. The van der Waals surface area contributed by atoms with E-state index >= 15 is 0 Å². The van der Waals surface area contributed by atoms with E-state index < -0.39 is 5.97 Å². The first-order chi connectivity index (χ1) is 10.1. The van der Waals surface area contributed by atoms with Crippen molar-refractivity contribution in [3.05, 3.63) is 0 Å². The molecule has 1 saturated carbocycles. The third-order valence-electron chi connectivity index (χ3n) is 3.94. The third-order valence-corrected chi connectivity index (χ3v) is 3.94. The molecule has 1 aliphatic rings. The van der Waals surface area contributed by atoms with Crippen LogP contribution in [0, 0.1) is 17.3 Å². The van der Waals surface area contributed by atoms with Crippen LogP contribution in [-0.4, -0.2) is 41.1 Å². The summed E-state index contributed by atoms with van der Waals surface area (Å²) in [4.78, 5) is 25.4. The largest absolute Gasteiger partial charge is 0.481 e. The Labute approximate surface area is 134 Å². The molecule has 0 atom stereocenters. The summed E-state index contributed by atoms with van der Waals surface area (Å²) >= 11 is 0. The lowest BCUT2D eigenvalue weighted by Gasteiger charge is -2.34. The minimum Gasteiger partial charge on any atom is -0.481 e. The van der Waals surface area contributed by atoms with Crippen molar-refractivity contribution in [1.82, 2.24) is 10.2 Å². The van der Waals surface area contributed by atoms with Crippen molar-refractivity contribution in [2.75, 3.05) is 13.1 Å². The van der Waals surface area contributed by atoms with Crippen molar-refractivity contribution in [3.8, 4) is 0 Å². The number of carboxylic acids is 1. The second kappa shape index (κ2) is 7.84. The van der Waals surface area contributed by atoms with Crippen LogP contribution in [0.25, 0.3) is 0 Å². The van der Waals surface area contributed by atoms with Crippen LogP contribution in [0.5, 0.6) is 0 Å². The van der Waals surface area contributed by atoms with E-state index in [1.165, 1.54) is 0 Å². The number of carbonyl (C=O) groups is 2. The van der Waals surface area contributed by atoms with E-state index in [2.05, 4.69) is 39.9 Å². The number of carbonyl (C=O) groups excluding carboxylic acids is 1. The van der Waals surface area contributed by atoms with Crippen LogP contribution in [0.1, 0.15) is 60.3 Å². The van der Waals surface area contributed by atoms with Gasteiger partial charge in [-0.2, -0.15) is 0 Å². The number of amides is 2. The van der Waals surface area contributed by atoms with Gasteiger partial charge in [0.15, 0.2) is 0 Å². The molecule has 0 aromatic rings. The van der Waals surface area contributed by atoms with Gasteiger partial charge in [-0.1, -0.05) is 34.6 Å². The predicted octanol–water partition coefficient (Wildman–Crippen LogP) is 3.34. The first-order valence-corrected chi connectivity index (χ1v) is 8.36. The monoisotopic (exact) mass is 312 g/mol. The summed E-state index contributed by atoms with van der Waals surface area (Å²) in [6.07, 6.45) is 2.83. The van der Waals surface area contributed by atoms with Crippen LogP contribution in [0.15, 0.2) is 0 Å². The summed E-state index contributed by atoms with van der Waals surface area (Å²) in [7, 11) is 0. The average molecular weight is 312 g/mol. The highest BCUT2D eigenvalue weighted by Gasteiger charge is 2.28. The number of urea groups is 1. The second-order valence-corrected chi connectivity index (χ2v) is 8.17. The Balaban J connectivity index is 2.54. The maximum atomic E-state index is 12.5. The number of nitrogens with zero attached hydrogens (tertiary/aromatic N) is 1. The van der Waals surface area contributed by atoms with Crippen LogP contribution in [0.4, 0.5) is 4.79 Å². The molecule has 1 rings (SSSR count). The highest BCUT2D eigenvalue weighted by Crippen LogP contribution is 2.25. The van der Waals surface area contributed by atoms with E-state index in [1.807, 2.05) is 4.90 Å². The highest BCUT2D eigenvalue weighted by atomic mass is 16.4. The number of hydrogen-bond acceptors (Lipinski definition) is 2. The van der Waals surface area contributed by atoms with Crippen molar-refractivity contribution < 1.29 is 14.7 Å². The van der Waals surface area contributed by atoms with Crippen molar-refractivity contribution in [1.29, 1.82) is 0 Å². The van der Waals surface area contributed by atoms with Gasteiger partial charge in [0.25, 0.3) is 0 Å². The molecule has 0 bridgehead atoms. The van der Waals surface area contributed by atoms with Gasteiger partial charge in [-0.3, -0.25) is 4.79 Å². The molecule has 0 aromatic carbocycles. The van der Waals surface area contributed by atoms with Gasteiger partial charge in [-0.25, -0.2) is 4.79 Å². The Morgan fingerprint density at radius 1 is 1.18 bits per heavy atom. The van der Waals surface area contributed by atoms with E-state index in [0.29, 0.717) is 18.8 Å². The van der Waals surface area contributed by atoms with E-state index in [1.54, 1.807) is 0 Å². The molecule has 2 N–H and O–H groups in total. The Kier molecular flexibility index (Phi) is 6.69. The summed E-state index contributed by atoms with van der Waals surface area (Å²) in [6, 6.07) is 0.0973. The topological polar surface area (TPSA) is 69.6 Å². The molecule has 1 fully saturated rings. The normalized spacial score (nSPS) is 22.5. The maximum absolute atomic E-state index is 12.5. The molecular formula is C17H32N2O3. The molecule has 0 aliphatic heterocycles.